The molecule has 3 rings (SSSR count). The van der Waals surface area contributed by atoms with E-state index in [1.807, 2.05) is 0 Å². The fraction of sp³-hybridized carbons (Fsp3) is 0.235. The van der Waals surface area contributed by atoms with E-state index in [9.17, 15) is 23.6 Å². The summed E-state index contributed by atoms with van der Waals surface area (Å²) in [7, 11) is 0. The van der Waals surface area contributed by atoms with Crippen molar-refractivity contribution in [1.82, 2.24) is 0 Å². The van der Waals surface area contributed by atoms with E-state index in [2.05, 4.69) is 13.2 Å². The highest BCUT2D eigenvalue weighted by molar-refractivity contribution is 5.94. The molecule has 0 N–H and O–H groups in total. The molecule has 0 spiro atoms. The predicted molar refractivity (Wildman–Crippen MR) is 161 cm³/mol. The van der Waals surface area contributed by atoms with Crippen LogP contribution >= 0.6 is 0 Å². The van der Waals surface area contributed by atoms with Gasteiger partial charge in [-0.1, -0.05) is 38.3 Å². The molecular weight excluding hydrogens is 571 g/mol. The lowest BCUT2D eigenvalue weighted by Crippen LogP contribution is -2.14. The van der Waals surface area contributed by atoms with Crippen molar-refractivity contribution in [2.45, 2.75) is 27.2 Å². The Kier molecular flexibility index (Phi) is 12.0. The molecule has 0 aromatic heterocycles. The van der Waals surface area contributed by atoms with Gasteiger partial charge in [0.15, 0.2) is 11.6 Å². The van der Waals surface area contributed by atoms with Crippen molar-refractivity contribution in [3.63, 3.8) is 0 Å². The molecule has 0 unspecified atom stereocenters. The molecule has 0 saturated carbocycles. The lowest BCUT2D eigenvalue weighted by atomic mass is 9.96. The maximum atomic E-state index is 15.0. The highest BCUT2D eigenvalue weighted by Crippen LogP contribution is 2.32. The van der Waals surface area contributed by atoms with Crippen LogP contribution in [-0.2, 0) is 28.6 Å². The number of hydrogen-bond donors (Lipinski definition) is 0. The van der Waals surface area contributed by atoms with Crippen molar-refractivity contribution in [2.24, 2.45) is 0 Å². The lowest BCUT2D eigenvalue weighted by molar-refractivity contribution is -0.144. The Labute approximate surface area is 254 Å². The summed E-state index contributed by atoms with van der Waals surface area (Å²) in [5.74, 6) is -2.59. The third-order valence-electron chi connectivity index (χ3n) is 5.97. The first-order valence-corrected chi connectivity index (χ1v) is 13.7. The largest absolute Gasteiger partial charge is 0.487 e. The predicted octanol–water partition coefficient (Wildman–Crippen LogP) is 6.25. The molecule has 0 atom stereocenters. The van der Waals surface area contributed by atoms with Gasteiger partial charge in [0.2, 0.25) is 0 Å². The number of carbonyl (C=O) groups is 4. The van der Waals surface area contributed by atoms with E-state index in [1.54, 1.807) is 62.4 Å². The summed E-state index contributed by atoms with van der Waals surface area (Å²) >= 11 is 0. The second-order valence-electron chi connectivity index (χ2n) is 9.61. The van der Waals surface area contributed by atoms with Gasteiger partial charge in [-0.25, -0.2) is 18.8 Å². The Bertz CT molecular complexity index is 1560. The molecule has 0 saturated heterocycles. The number of ether oxygens (including phenoxy) is 5. The molecular formula is C34H33FO9. The SMILES string of the molecule is C=C(C)C(=O)OCCOC(=O)c1cc(-c2ccc(OC(=O)C(=C)C)cc2)cc(-c2ccc(OCCOC(=O)CC)c(F)c2)c1. The fourth-order valence-electron chi connectivity index (χ4n) is 3.67. The molecule has 0 aliphatic rings. The molecule has 230 valence electrons. The Hall–Kier alpha value is -5.25. The summed E-state index contributed by atoms with van der Waals surface area (Å²) < 4.78 is 40.9. The minimum absolute atomic E-state index is 0.0149. The average Bonchev–Trinajstić information content (AvgIpc) is 3.01. The van der Waals surface area contributed by atoms with E-state index in [4.69, 9.17) is 23.7 Å². The average molecular weight is 605 g/mol. The minimum Gasteiger partial charge on any atom is -0.487 e. The van der Waals surface area contributed by atoms with Gasteiger partial charge >= 0.3 is 23.9 Å². The Morgan fingerprint density at radius 3 is 1.89 bits per heavy atom. The zero-order valence-electron chi connectivity index (χ0n) is 24.8. The summed E-state index contributed by atoms with van der Waals surface area (Å²) in [6.45, 7) is 11.4. The zero-order valence-corrected chi connectivity index (χ0v) is 24.8. The Balaban J connectivity index is 1.87. The van der Waals surface area contributed by atoms with Crippen LogP contribution in [0.15, 0.2) is 85.0 Å². The van der Waals surface area contributed by atoms with E-state index in [0.717, 1.165) is 0 Å². The van der Waals surface area contributed by atoms with E-state index >= 15 is 0 Å². The van der Waals surface area contributed by atoms with Crippen molar-refractivity contribution in [1.29, 1.82) is 0 Å². The van der Waals surface area contributed by atoms with Crippen LogP contribution in [0.1, 0.15) is 37.6 Å². The van der Waals surface area contributed by atoms with Crippen molar-refractivity contribution in [2.75, 3.05) is 26.4 Å². The maximum Gasteiger partial charge on any atom is 0.338 e. The molecule has 9 nitrogen and oxygen atoms in total. The third-order valence-corrected chi connectivity index (χ3v) is 5.97. The number of rotatable bonds is 14. The summed E-state index contributed by atoms with van der Waals surface area (Å²) in [6.07, 6.45) is 0.229. The molecule has 3 aromatic rings. The summed E-state index contributed by atoms with van der Waals surface area (Å²) in [5, 5.41) is 0. The van der Waals surface area contributed by atoms with Crippen LogP contribution in [0.3, 0.4) is 0 Å². The fourth-order valence-corrected chi connectivity index (χ4v) is 3.67. The van der Waals surface area contributed by atoms with Gasteiger partial charge in [-0.2, -0.15) is 0 Å². The van der Waals surface area contributed by atoms with Gasteiger partial charge in [0.25, 0.3) is 0 Å². The smallest absolute Gasteiger partial charge is 0.338 e. The number of esters is 4. The quantitative estimate of drug-likeness (QED) is 0.0692. The van der Waals surface area contributed by atoms with Crippen LogP contribution in [0.5, 0.6) is 11.5 Å². The highest BCUT2D eigenvalue weighted by Gasteiger charge is 2.15. The number of carbonyl (C=O) groups excluding carboxylic acids is 4. The molecule has 0 amide bonds. The molecule has 0 radical (unpaired) electrons. The van der Waals surface area contributed by atoms with E-state index in [0.29, 0.717) is 28.0 Å². The highest BCUT2D eigenvalue weighted by atomic mass is 19.1. The Morgan fingerprint density at radius 1 is 0.682 bits per heavy atom. The molecule has 0 fully saturated rings. The summed E-state index contributed by atoms with van der Waals surface area (Å²) in [5.41, 5.74) is 2.86. The topological polar surface area (TPSA) is 114 Å². The van der Waals surface area contributed by atoms with E-state index in [1.165, 1.54) is 19.1 Å². The summed E-state index contributed by atoms with van der Waals surface area (Å²) in [6, 6.07) is 15.9. The molecule has 3 aromatic carbocycles. The van der Waals surface area contributed by atoms with Gasteiger partial charge < -0.3 is 23.7 Å². The van der Waals surface area contributed by atoms with Gasteiger partial charge in [-0.05, 0) is 78.6 Å². The van der Waals surface area contributed by atoms with E-state index in [-0.39, 0.29) is 61.3 Å². The van der Waals surface area contributed by atoms with Crippen LogP contribution in [-0.4, -0.2) is 50.3 Å². The second-order valence-corrected chi connectivity index (χ2v) is 9.61. The lowest BCUT2D eigenvalue weighted by Gasteiger charge is -2.13. The zero-order chi connectivity index (χ0) is 32.2. The van der Waals surface area contributed by atoms with Gasteiger partial charge in [-0.15, -0.1) is 0 Å². The van der Waals surface area contributed by atoms with Gasteiger partial charge in [-0.3, -0.25) is 4.79 Å². The van der Waals surface area contributed by atoms with Crippen molar-refractivity contribution in [3.8, 4) is 33.8 Å². The number of benzene rings is 3. The van der Waals surface area contributed by atoms with E-state index < -0.39 is 23.7 Å². The minimum atomic E-state index is -0.687. The molecule has 0 heterocycles. The normalized spacial score (nSPS) is 10.4. The first kappa shape index (κ1) is 33.3. The van der Waals surface area contributed by atoms with Crippen LogP contribution in [0.4, 0.5) is 4.39 Å². The van der Waals surface area contributed by atoms with Gasteiger partial charge in [0.1, 0.15) is 32.2 Å². The number of hydrogen-bond acceptors (Lipinski definition) is 9. The van der Waals surface area contributed by atoms with Gasteiger partial charge in [0, 0.05) is 17.6 Å². The standard InChI is InChI=1S/C34H33FO9/c1-6-31(36)41-14-13-40-30-12-9-24(20-29(30)35)26-17-25(23-7-10-28(11-8-23)44-33(38)22(4)5)18-27(19-26)34(39)43-16-15-42-32(37)21(2)3/h7-12,17-20H,2,4,6,13-16H2,1,3,5H3. The molecule has 0 aliphatic carbocycles. The van der Waals surface area contributed by atoms with Crippen LogP contribution < -0.4 is 9.47 Å². The van der Waals surface area contributed by atoms with Crippen LogP contribution in [0, 0.1) is 5.82 Å². The summed E-state index contributed by atoms with van der Waals surface area (Å²) in [4.78, 5) is 47.7. The van der Waals surface area contributed by atoms with Crippen molar-refractivity contribution < 1.29 is 47.3 Å². The second kappa shape index (κ2) is 15.8. The van der Waals surface area contributed by atoms with Crippen molar-refractivity contribution >= 4 is 23.9 Å². The third kappa shape index (κ3) is 9.65. The first-order valence-electron chi connectivity index (χ1n) is 13.7. The molecule has 0 aliphatic heterocycles. The molecule has 10 heteroatoms. The molecule has 0 bridgehead atoms. The number of halogens is 1. The monoisotopic (exact) mass is 604 g/mol. The van der Waals surface area contributed by atoms with Crippen molar-refractivity contribution in [3.05, 3.63) is 96.3 Å². The van der Waals surface area contributed by atoms with Crippen LogP contribution in [0.2, 0.25) is 0 Å². The Morgan fingerprint density at radius 2 is 1.27 bits per heavy atom. The van der Waals surface area contributed by atoms with Gasteiger partial charge in [0.05, 0.1) is 5.56 Å². The molecule has 44 heavy (non-hydrogen) atoms. The van der Waals surface area contributed by atoms with Crippen LogP contribution in [0.25, 0.3) is 22.3 Å². The maximum absolute atomic E-state index is 15.0. The first-order chi connectivity index (χ1) is 21.0.